The SMILES string of the molecule is CN1CCC(COc2cc3nc(-c4ccc(OCc5ccccn5)c(Cl)c4)nc(N)c3cc2N)CC1. The van der Waals surface area contributed by atoms with Crippen molar-refractivity contribution in [3.63, 3.8) is 0 Å². The molecule has 2 aromatic carbocycles. The van der Waals surface area contributed by atoms with Crippen molar-refractivity contribution < 1.29 is 9.47 Å². The summed E-state index contributed by atoms with van der Waals surface area (Å²) in [5, 5.41) is 1.13. The second-order valence-corrected chi connectivity index (χ2v) is 9.56. The van der Waals surface area contributed by atoms with Gasteiger partial charge in [-0.15, -0.1) is 0 Å². The fraction of sp³-hybridized carbons (Fsp3) is 0.296. The zero-order valence-corrected chi connectivity index (χ0v) is 20.9. The van der Waals surface area contributed by atoms with Gasteiger partial charge in [-0.2, -0.15) is 0 Å². The Labute approximate surface area is 215 Å². The molecular weight excluding hydrogens is 476 g/mol. The number of nitrogen functional groups attached to an aromatic ring is 2. The van der Waals surface area contributed by atoms with E-state index in [4.69, 9.17) is 37.5 Å². The van der Waals surface area contributed by atoms with Crippen LogP contribution in [-0.4, -0.2) is 46.6 Å². The lowest BCUT2D eigenvalue weighted by atomic mass is 9.98. The van der Waals surface area contributed by atoms with Crippen LogP contribution >= 0.6 is 11.6 Å². The van der Waals surface area contributed by atoms with Gasteiger partial charge < -0.3 is 25.8 Å². The predicted molar refractivity (Wildman–Crippen MR) is 143 cm³/mol. The number of fused-ring (bicyclic) bond motifs is 1. The molecule has 1 saturated heterocycles. The van der Waals surface area contributed by atoms with E-state index in [2.05, 4.69) is 21.9 Å². The van der Waals surface area contributed by atoms with Crippen molar-refractivity contribution >= 4 is 34.0 Å². The van der Waals surface area contributed by atoms with E-state index in [1.54, 1.807) is 24.4 Å². The molecule has 5 rings (SSSR count). The van der Waals surface area contributed by atoms with Gasteiger partial charge in [0.1, 0.15) is 23.9 Å². The molecule has 0 saturated carbocycles. The van der Waals surface area contributed by atoms with E-state index in [9.17, 15) is 0 Å². The van der Waals surface area contributed by atoms with E-state index in [1.807, 2.05) is 30.3 Å². The number of aromatic nitrogens is 3. The molecule has 9 heteroatoms. The van der Waals surface area contributed by atoms with Crippen LogP contribution in [0.15, 0.2) is 54.7 Å². The average molecular weight is 505 g/mol. The largest absolute Gasteiger partial charge is 0.491 e. The van der Waals surface area contributed by atoms with Crippen molar-refractivity contribution in [2.45, 2.75) is 19.4 Å². The lowest BCUT2D eigenvalue weighted by Gasteiger charge is -2.28. The monoisotopic (exact) mass is 504 g/mol. The van der Waals surface area contributed by atoms with Gasteiger partial charge in [0.25, 0.3) is 0 Å². The van der Waals surface area contributed by atoms with Crippen molar-refractivity contribution in [2.24, 2.45) is 5.92 Å². The molecule has 1 aliphatic rings. The molecule has 4 N–H and O–H groups in total. The Hall–Kier alpha value is -3.62. The van der Waals surface area contributed by atoms with Crippen LogP contribution in [0.5, 0.6) is 11.5 Å². The van der Waals surface area contributed by atoms with Gasteiger partial charge in [-0.1, -0.05) is 17.7 Å². The van der Waals surface area contributed by atoms with Crippen LogP contribution < -0.4 is 20.9 Å². The third-order valence-corrected chi connectivity index (χ3v) is 6.76. The van der Waals surface area contributed by atoms with E-state index in [0.29, 0.717) is 63.9 Å². The molecule has 186 valence electrons. The minimum absolute atomic E-state index is 0.321. The van der Waals surface area contributed by atoms with Crippen LogP contribution in [0.2, 0.25) is 5.02 Å². The quantitative estimate of drug-likeness (QED) is 0.345. The summed E-state index contributed by atoms with van der Waals surface area (Å²) in [6.07, 6.45) is 3.96. The van der Waals surface area contributed by atoms with Gasteiger partial charge in [-0.25, -0.2) is 9.97 Å². The maximum atomic E-state index is 6.50. The molecule has 2 aromatic heterocycles. The first-order valence-corrected chi connectivity index (χ1v) is 12.3. The average Bonchev–Trinajstić information content (AvgIpc) is 2.88. The zero-order valence-electron chi connectivity index (χ0n) is 20.2. The Morgan fingerprint density at radius 3 is 2.58 bits per heavy atom. The molecule has 36 heavy (non-hydrogen) atoms. The van der Waals surface area contributed by atoms with Gasteiger partial charge in [0, 0.05) is 23.2 Å². The number of nitrogens with two attached hydrogens (primary N) is 2. The minimum Gasteiger partial charge on any atom is -0.491 e. The first-order valence-electron chi connectivity index (χ1n) is 12.0. The van der Waals surface area contributed by atoms with E-state index in [0.717, 1.165) is 37.2 Å². The molecule has 0 spiro atoms. The number of rotatable bonds is 7. The highest BCUT2D eigenvalue weighted by Gasteiger charge is 2.18. The summed E-state index contributed by atoms with van der Waals surface area (Å²) in [6, 6.07) is 14.7. The van der Waals surface area contributed by atoms with Gasteiger partial charge >= 0.3 is 0 Å². The Bertz CT molecular complexity index is 1360. The number of anilines is 2. The van der Waals surface area contributed by atoms with Gasteiger partial charge in [0.15, 0.2) is 5.82 Å². The third kappa shape index (κ3) is 5.45. The molecule has 0 radical (unpaired) electrons. The number of benzene rings is 2. The van der Waals surface area contributed by atoms with E-state index < -0.39 is 0 Å². The number of nitrogens with zero attached hydrogens (tertiary/aromatic N) is 4. The predicted octanol–water partition coefficient (Wildman–Crippen LogP) is 4.81. The first-order chi connectivity index (χ1) is 17.5. The molecule has 0 bridgehead atoms. The van der Waals surface area contributed by atoms with E-state index in [1.165, 1.54) is 0 Å². The van der Waals surface area contributed by atoms with Crippen LogP contribution in [0.4, 0.5) is 11.5 Å². The number of hydrogen-bond acceptors (Lipinski definition) is 8. The lowest BCUT2D eigenvalue weighted by Crippen LogP contribution is -2.32. The molecule has 0 atom stereocenters. The smallest absolute Gasteiger partial charge is 0.162 e. The second kappa shape index (κ2) is 10.6. The molecule has 3 heterocycles. The summed E-state index contributed by atoms with van der Waals surface area (Å²) in [5.41, 5.74) is 15.3. The normalized spacial score (nSPS) is 14.7. The Kier molecular flexibility index (Phi) is 7.06. The molecule has 8 nitrogen and oxygen atoms in total. The fourth-order valence-electron chi connectivity index (χ4n) is 4.28. The van der Waals surface area contributed by atoms with Crippen molar-refractivity contribution in [1.29, 1.82) is 0 Å². The number of ether oxygens (including phenoxy) is 2. The molecule has 1 fully saturated rings. The summed E-state index contributed by atoms with van der Waals surface area (Å²) < 4.78 is 11.9. The first kappa shape index (κ1) is 24.1. The maximum Gasteiger partial charge on any atom is 0.162 e. The van der Waals surface area contributed by atoms with Crippen molar-refractivity contribution in [3.8, 4) is 22.9 Å². The Balaban J connectivity index is 1.35. The summed E-state index contributed by atoms with van der Waals surface area (Å²) in [4.78, 5) is 15.8. The highest BCUT2D eigenvalue weighted by atomic mass is 35.5. The fourth-order valence-corrected chi connectivity index (χ4v) is 4.51. The van der Waals surface area contributed by atoms with Crippen LogP contribution in [0.25, 0.3) is 22.3 Å². The van der Waals surface area contributed by atoms with Crippen molar-refractivity contribution in [2.75, 3.05) is 38.2 Å². The van der Waals surface area contributed by atoms with Crippen LogP contribution in [0.3, 0.4) is 0 Å². The Morgan fingerprint density at radius 1 is 1.00 bits per heavy atom. The highest BCUT2D eigenvalue weighted by Crippen LogP contribution is 2.34. The number of halogens is 1. The molecule has 4 aromatic rings. The van der Waals surface area contributed by atoms with Crippen LogP contribution in [0, 0.1) is 5.92 Å². The summed E-state index contributed by atoms with van der Waals surface area (Å²) in [7, 11) is 2.15. The van der Waals surface area contributed by atoms with Crippen molar-refractivity contribution in [1.82, 2.24) is 19.9 Å². The lowest BCUT2D eigenvalue weighted by molar-refractivity contribution is 0.160. The molecule has 0 unspecified atom stereocenters. The minimum atomic E-state index is 0.321. The molecular formula is C27H29ClN6O2. The summed E-state index contributed by atoms with van der Waals surface area (Å²) in [5.74, 6) is 2.49. The van der Waals surface area contributed by atoms with Gasteiger partial charge in [0.2, 0.25) is 0 Å². The number of hydrogen-bond donors (Lipinski definition) is 2. The van der Waals surface area contributed by atoms with Gasteiger partial charge in [0.05, 0.1) is 28.5 Å². The van der Waals surface area contributed by atoms with E-state index in [-0.39, 0.29) is 0 Å². The molecule has 1 aliphatic heterocycles. The standard InChI is InChI=1S/C27H29ClN6O2/c1-34-10-7-17(8-11-34)15-35-25-14-23-20(13-22(25)29)26(30)33-27(32-23)18-5-6-24(21(28)12-18)36-16-19-4-2-3-9-31-19/h2-6,9,12-14,17H,7-8,10-11,15-16,29H2,1H3,(H2,30,32,33). The molecule has 0 aliphatic carbocycles. The second-order valence-electron chi connectivity index (χ2n) is 9.15. The number of likely N-dealkylation sites (tertiary alicyclic amines) is 1. The highest BCUT2D eigenvalue weighted by molar-refractivity contribution is 6.32. The summed E-state index contributed by atoms with van der Waals surface area (Å²) >= 11 is 6.50. The summed E-state index contributed by atoms with van der Waals surface area (Å²) in [6.45, 7) is 3.13. The number of pyridine rings is 1. The van der Waals surface area contributed by atoms with E-state index >= 15 is 0 Å². The third-order valence-electron chi connectivity index (χ3n) is 6.46. The topological polar surface area (TPSA) is 112 Å². The van der Waals surface area contributed by atoms with Crippen LogP contribution in [-0.2, 0) is 6.61 Å². The number of piperidine rings is 1. The van der Waals surface area contributed by atoms with Gasteiger partial charge in [-0.3, -0.25) is 4.98 Å². The van der Waals surface area contributed by atoms with Crippen LogP contribution in [0.1, 0.15) is 18.5 Å². The zero-order chi connectivity index (χ0) is 25.1. The van der Waals surface area contributed by atoms with Gasteiger partial charge in [-0.05, 0) is 75.3 Å². The van der Waals surface area contributed by atoms with Crippen molar-refractivity contribution in [3.05, 3.63) is 65.4 Å². The molecule has 0 amide bonds. The maximum absolute atomic E-state index is 6.50. The Morgan fingerprint density at radius 2 is 1.83 bits per heavy atom.